The Hall–Kier alpha value is -1.08. The van der Waals surface area contributed by atoms with E-state index in [0.29, 0.717) is 5.75 Å². The third kappa shape index (κ3) is 4.71. The van der Waals surface area contributed by atoms with Gasteiger partial charge in [-0.05, 0) is 38.0 Å². The monoisotopic (exact) mass is 350 g/mol. The summed E-state index contributed by atoms with van der Waals surface area (Å²) in [6, 6.07) is 7.15. The second kappa shape index (κ2) is 7.97. The number of hydrogen-bond donors (Lipinski definition) is 1. The van der Waals surface area contributed by atoms with Crippen LogP contribution in [-0.2, 0) is 19.7 Å². The molecule has 0 amide bonds. The number of sulfone groups is 2. The van der Waals surface area contributed by atoms with Crippen LogP contribution < -0.4 is 0 Å². The molecule has 1 aromatic carbocycles. The van der Waals surface area contributed by atoms with E-state index in [2.05, 4.69) is 0 Å². The number of phenols is 1. The molecule has 0 saturated carbocycles. The average Bonchev–Trinajstić information content (AvgIpc) is 2.46. The van der Waals surface area contributed by atoms with E-state index in [1.54, 1.807) is 19.1 Å². The summed E-state index contributed by atoms with van der Waals surface area (Å²) in [5.74, 6) is 0.0534. The molecule has 0 aliphatic carbocycles. The Labute approximate surface area is 134 Å². The maximum absolute atomic E-state index is 11.7. The zero-order valence-corrected chi connectivity index (χ0v) is 15.5. The molecule has 0 aliphatic rings. The highest BCUT2D eigenvalue weighted by atomic mass is 32.3. The minimum absolute atomic E-state index is 0.0966. The van der Waals surface area contributed by atoms with Gasteiger partial charge in [0.25, 0.3) is 0 Å². The Morgan fingerprint density at radius 1 is 1.00 bits per heavy atom. The average molecular weight is 351 g/mol. The quantitative estimate of drug-likeness (QED) is 0.882. The van der Waals surface area contributed by atoms with Crippen LogP contribution in [0.5, 0.6) is 5.75 Å². The van der Waals surface area contributed by atoms with Crippen molar-refractivity contribution in [1.82, 2.24) is 0 Å². The fraction of sp³-hybridized carbons (Fsp3) is 0.600. The number of phenolic OH excluding ortho intramolecular Hbond substituents is 1. The first-order valence-electron chi connectivity index (χ1n) is 7.17. The molecular formula is C15H26O5S2. The van der Waals surface area contributed by atoms with E-state index in [9.17, 15) is 16.8 Å². The molecule has 0 spiro atoms. The van der Waals surface area contributed by atoms with Gasteiger partial charge in [0.05, 0.1) is 0 Å². The Kier molecular flexibility index (Phi) is 7.57. The SMILES string of the molecule is CCC(C)(S(=O)(=O)CC)S(=O)(=O)CC.Cc1cccc(O)c1. The summed E-state index contributed by atoms with van der Waals surface area (Å²) < 4.78 is 45.1. The van der Waals surface area contributed by atoms with Gasteiger partial charge in [0, 0.05) is 11.5 Å². The zero-order valence-electron chi connectivity index (χ0n) is 13.8. The van der Waals surface area contributed by atoms with E-state index in [1.807, 2.05) is 19.1 Å². The molecule has 128 valence electrons. The largest absolute Gasteiger partial charge is 0.508 e. The van der Waals surface area contributed by atoms with Gasteiger partial charge in [0.1, 0.15) is 5.75 Å². The van der Waals surface area contributed by atoms with Crippen molar-refractivity contribution in [3.05, 3.63) is 29.8 Å². The first-order chi connectivity index (χ1) is 9.97. The van der Waals surface area contributed by atoms with Crippen LogP contribution in [0.3, 0.4) is 0 Å². The Morgan fingerprint density at radius 2 is 1.45 bits per heavy atom. The van der Waals surface area contributed by atoms with Gasteiger partial charge in [0.2, 0.25) is 0 Å². The van der Waals surface area contributed by atoms with Gasteiger partial charge in [-0.15, -0.1) is 0 Å². The molecule has 0 aliphatic heterocycles. The van der Waals surface area contributed by atoms with Gasteiger partial charge < -0.3 is 5.11 Å². The lowest BCUT2D eigenvalue weighted by Gasteiger charge is -2.26. The first-order valence-corrected chi connectivity index (χ1v) is 10.5. The van der Waals surface area contributed by atoms with Crippen molar-refractivity contribution >= 4 is 19.7 Å². The van der Waals surface area contributed by atoms with E-state index >= 15 is 0 Å². The molecule has 0 saturated heterocycles. The van der Waals surface area contributed by atoms with Crippen LogP contribution in [-0.4, -0.2) is 37.5 Å². The maximum atomic E-state index is 11.7. The van der Waals surface area contributed by atoms with Crippen LogP contribution in [0.2, 0.25) is 0 Å². The number of benzene rings is 1. The highest BCUT2D eigenvalue weighted by molar-refractivity contribution is 8.10. The van der Waals surface area contributed by atoms with E-state index in [4.69, 9.17) is 5.11 Å². The summed E-state index contributed by atoms with van der Waals surface area (Å²) in [6.07, 6.45) is 0.0966. The second-order valence-corrected chi connectivity index (χ2v) is 10.8. The van der Waals surface area contributed by atoms with Crippen LogP contribution >= 0.6 is 0 Å². The van der Waals surface area contributed by atoms with Crippen molar-refractivity contribution in [2.24, 2.45) is 0 Å². The predicted molar refractivity (Wildman–Crippen MR) is 90.5 cm³/mol. The number of aromatic hydroxyl groups is 1. The summed E-state index contributed by atoms with van der Waals surface area (Å²) >= 11 is 0. The normalized spacial score (nSPS) is 12.4. The summed E-state index contributed by atoms with van der Waals surface area (Å²) in [7, 11) is -7.14. The molecule has 0 bridgehead atoms. The minimum Gasteiger partial charge on any atom is -0.508 e. The molecule has 0 radical (unpaired) electrons. The lowest BCUT2D eigenvalue weighted by atomic mass is 10.2. The third-order valence-electron chi connectivity index (χ3n) is 3.72. The molecule has 22 heavy (non-hydrogen) atoms. The summed E-state index contributed by atoms with van der Waals surface area (Å²) in [4.78, 5) is 0. The minimum atomic E-state index is -3.57. The highest BCUT2D eigenvalue weighted by Gasteiger charge is 2.47. The summed E-state index contributed by atoms with van der Waals surface area (Å²) in [5, 5.41) is 8.81. The predicted octanol–water partition coefficient (Wildman–Crippen LogP) is 2.68. The molecule has 0 fully saturated rings. The Bertz CT molecular complexity index is 624. The number of rotatable bonds is 5. The van der Waals surface area contributed by atoms with Gasteiger partial charge in [-0.25, -0.2) is 16.8 Å². The van der Waals surface area contributed by atoms with E-state index in [1.165, 1.54) is 20.8 Å². The van der Waals surface area contributed by atoms with Crippen LogP contribution in [0, 0.1) is 6.92 Å². The molecule has 0 aromatic heterocycles. The summed E-state index contributed by atoms with van der Waals surface area (Å²) in [5.41, 5.74) is 1.09. The molecule has 0 atom stereocenters. The van der Waals surface area contributed by atoms with Crippen molar-refractivity contribution in [2.75, 3.05) is 11.5 Å². The fourth-order valence-electron chi connectivity index (χ4n) is 1.87. The standard InChI is InChI=1S/C8H18O4S2.C7H8O/c1-5-8(4,13(9,10)6-2)14(11,12)7-3;1-6-3-2-4-7(8)5-6/h5-7H2,1-4H3;2-5,8H,1H3. The summed E-state index contributed by atoms with van der Waals surface area (Å²) in [6.45, 7) is 7.76. The van der Waals surface area contributed by atoms with Crippen LogP contribution in [0.1, 0.15) is 39.7 Å². The van der Waals surface area contributed by atoms with Gasteiger partial charge in [0.15, 0.2) is 23.8 Å². The maximum Gasteiger partial charge on any atom is 0.170 e. The van der Waals surface area contributed by atoms with E-state index in [0.717, 1.165) is 5.56 Å². The zero-order chi connectivity index (χ0) is 17.6. The molecule has 7 heteroatoms. The van der Waals surface area contributed by atoms with Crippen LogP contribution in [0.25, 0.3) is 0 Å². The van der Waals surface area contributed by atoms with Gasteiger partial charge in [-0.3, -0.25) is 0 Å². The molecule has 0 heterocycles. The van der Waals surface area contributed by atoms with Gasteiger partial charge in [-0.1, -0.05) is 32.9 Å². The van der Waals surface area contributed by atoms with E-state index < -0.39 is 23.8 Å². The lowest BCUT2D eigenvalue weighted by Crippen LogP contribution is -2.44. The number of aryl methyl sites for hydroxylation is 1. The Morgan fingerprint density at radius 3 is 1.68 bits per heavy atom. The third-order valence-corrected chi connectivity index (χ3v) is 9.97. The molecule has 0 unspecified atom stereocenters. The van der Waals surface area contributed by atoms with Crippen LogP contribution in [0.4, 0.5) is 0 Å². The van der Waals surface area contributed by atoms with Crippen molar-refractivity contribution in [3.8, 4) is 5.75 Å². The molecule has 5 nitrogen and oxygen atoms in total. The first kappa shape index (κ1) is 20.9. The van der Waals surface area contributed by atoms with E-state index in [-0.39, 0.29) is 17.9 Å². The Balaban J connectivity index is 0.000000461. The van der Waals surface area contributed by atoms with Gasteiger partial charge >= 0.3 is 0 Å². The molecular weight excluding hydrogens is 324 g/mol. The number of hydrogen-bond acceptors (Lipinski definition) is 5. The highest BCUT2D eigenvalue weighted by Crippen LogP contribution is 2.29. The van der Waals surface area contributed by atoms with Crippen molar-refractivity contribution < 1.29 is 21.9 Å². The van der Waals surface area contributed by atoms with Crippen molar-refractivity contribution in [1.29, 1.82) is 0 Å². The molecule has 1 rings (SSSR count). The van der Waals surface area contributed by atoms with Crippen LogP contribution in [0.15, 0.2) is 24.3 Å². The lowest BCUT2D eigenvalue weighted by molar-refractivity contribution is 0.475. The van der Waals surface area contributed by atoms with Gasteiger partial charge in [-0.2, -0.15) is 0 Å². The van der Waals surface area contributed by atoms with Crippen molar-refractivity contribution in [3.63, 3.8) is 0 Å². The second-order valence-electron chi connectivity index (χ2n) is 5.13. The van der Waals surface area contributed by atoms with Crippen molar-refractivity contribution in [2.45, 2.75) is 45.1 Å². The topological polar surface area (TPSA) is 88.5 Å². The smallest absolute Gasteiger partial charge is 0.170 e. The molecule has 1 N–H and O–H groups in total. The molecule has 1 aromatic rings. The fourth-order valence-corrected chi connectivity index (χ4v) is 6.23.